The van der Waals surface area contributed by atoms with E-state index in [-0.39, 0.29) is 5.91 Å². The average molecular weight is 289 g/mol. The number of hydrazine groups is 1. The number of rotatable bonds is 5. The van der Waals surface area contributed by atoms with Gasteiger partial charge in [0.1, 0.15) is 0 Å². The van der Waals surface area contributed by atoms with E-state index in [0.717, 1.165) is 25.2 Å². The van der Waals surface area contributed by atoms with Crippen LogP contribution in [-0.2, 0) is 6.54 Å². The summed E-state index contributed by atoms with van der Waals surface area (Å²) in [7, 11) is 0. The minimum absolute atomic E-state index is 0.209. The Kier molecular flexibility index (Phi) is 5.37. The van der Waals surface area contributed by atoms with E-state index in [1.807, 2.05) is 24.3 Å². The molecule has 1 fully saturated rings. The number of hydrogen-bond donors (Lipinski definition) is 2. The minimum atomic E-state index is -0.209. The number of nitrogen functional groups attached to an aromatic ring is 1. The topological polar surface area (TPSA) is 58.4 Å². The Labute approximate surface area is 127 Å². The van der Waals surface area contributed by atoms with Crippen LogP contribution in [0, 0.1) is 5.41 Å². The van der Waals surface area contributed by atoms with Crippen LogP contribution in [0.4, 0.5) is 0 Å². The Morgan fingerprint density at radius 2 is 1.86 bits per heavy atom. The summed E-state index contributed by atoms with van der Waals surface area (Å²) in [6, 6.07) is 7.72. The molecule has 1 heterocycles. The molecule has 116 valence electrons. The second-order valence-electron chi connectivity index (χ2n) is 6.11. The van der Waals surface area contributed by atoms with Gasteiger partial charge in [-0.3, -0.25) is 15.1 Å². The van der Waals surface area contributed by atoms with Gasteiger partial charge in [0, 0.05) is 12.1 Å². The fraction of sp³-hybridized carbons (Fsp3) is 0.588. The maximum atomic E-state index is 11.8. The van der Waals surface area contributed by atoms with Crippen LogP contribution in [0.3, 0.4) is 0 Å². The van der Waals surface area contributed by atoms with Crippen molar-refractivity contribution in [2.24, 2.45) is 11.3 Å². The number of nitrogens with zero attached hydrogens (tertiary/aromatic N) is 1. The van der Waals surface area contributed by atoms with Crippen LogP contribution in [0.2, 0.25) is 0 Å². The highest BCUT2D eigenvalue weighted by molar-refractivity contribution is 5.95. The van der Waals surface area contributed by atoms with Crippen LogP contribution in [0.25, 0.3) is 0 Å². The summed E-state index contributed by atoms with van der Waals surface area (Å²) in [6.07, 6.45) is 5.05. The molecular weight excluding hydrogens is 262 g/mol. The monoisotopic (exact) mass is 289 g/mol. The molecule has 1 amide bonds. The van der Waals surface area contributed by atoms with Gasteiger partial charge in [0.25, 0.3) is 5.91 Å². The van der Waals surface area contributed by atoms with Crippen molar-refractivity contribution in [3.05, 3.63) is 35.4 Å². The average Bonchev–Trinajstić information content (AvgIpc) is 2.55. The summed E-state index contributed by atoms with van der Waals surface area (Å²) in [4.78, 5) is 14.3. The summed E-state index contributed by atoms with van der Waals surface area (Å²) in [6.45, 7) is 7.66. The third kappa shape index (κ3) is 3.63. The predicted molar refractivity (Wildman–Crippen MR) is 85.6 cm³/mol. The molecular formula is C17H27N3O. The zero-order valence-corrected chi connectivity index (χ0v) is 13.2. The van der Waals surface area contributed by atoms with Crippen molar-refractivity contribution in [1.82, 2.24) is 10.3 Å². The molecule has 0 unspecified atom stereocenters. The van der Waals surface area contributed by atoms with Gasteiger partial charge in [-0.15, -0.1) is 0 Å². The van der Waals surface area contributed by atoms with Gasteiger partial charge < -0.3 is 0 Å². The highest BCUT2D eigenvalue weighted by Gasteiger charge is 2.31. The van der Waals surface area contributed by atoms with Crippen molar-refractivity contribution in [3.8, 4) is 0 Å². The predicted octanol–water partition coefficient (Wildman–Crippen LogP) is 2.69. The van der Waals surface area contributed by atoms with Crippen molar-refractivity contribution in [3.63, 3.8) is 0 Å². The van der Waals surface area contributed by atoms with Gasteiger partial charge in [-0.05, 0) is 43.0 Å². The van der Waals surface area contributed by atoms with Crippen LogP contribution < -0.4 is 11.3 Å². The van der Waals surface area contributed by atoms with E-state index in [1.54, 1.807) is 0 Å². The van der Waals surface area contributed by atoms with E-state index >= 15 is 0 Å². The van der Waals surface area contributed by atoms with E-state index in [1.165, 1.54) is 25.7 Å². The lowest BCUT2D eigenvalue weighted by Crippen LogP contribution is -2.39. The third-order valence-electron chi connectivity index (χ3n) is 5.20. The molecule has 0 radical (unpaired) electrons. The zero-order chi connectivity index (χ0) is 15.3. The van der Waals surface area contributed by atoms with Crippen molar-refractivity contribution in [1.29, 1.82) is 0 Å². The molecule has 4 nitrogen and oxygen atoms in total. The zero-order valence-electron chi connectivity index (χ0n) is 13.2. The summed E-state index contributed by atoms with van der Waals surface area (Å²) in [5, 5.41) is 0. The smallest absolute Gasteiger partial charge is 0.265 e. The summed E-state index contributed by atoms with van der Waals surface area (Å²) in [5.41, 5.74) is 4.50. The summed E-state index contributed by atoms with van der Waals surface area (Å²) in [5.74, 6) is 5.06. The van der Waals surface area contributed by atoms with E-state index in [9.17, 15) is 4.79 Å². The molecule has 0 spiro atoms. The fourth-order valence-electron chi connectivity index (χ4n) is 3.34. The molecule has 1 saturated heterocycles. The van der Waals surface area contributed by atoms with Gasteiger partial charge >= 0.3 is 0 Å². The largest absolute Gasteiger partial charge is 0.299 e. The Morgan fingerprint density at radius 3 is 2.43 bits per heavy atom. The number of benzene rings is 1. The van der Waals surface area contributed by atoms with Gasteiger partial charge in [-0.1, -0.05) is 44.9 Å². The second-order valence-corrected chi connectivity index (χ2v) is 6.11. The fourth-order valence-corrected chi connectivity index (χ4v) is 3.34. The third-order valence-corrected chi connectivity index (χ3v) is 5.20. The van der Waals surface area contributed by atoms with Crippen LogP contribution in [0.1, 0.15) is 55.5 Å². The molecule has 1 aliphatic heterocycles. The number of carbonyl (C=O) groups is 1. The van der Waals surface area contributed by atoms with E-state index in [2.05, 4.69) is 24.2 Å². The van der Waals surface area contributed by atoms with Crippen molar-refractivity contribution < 1.29 is 4.79 Å². The lowest BCUT2D eigenvalue weighted by atomic mass is 9.74. The highest BCUT2D eigenvalue weighted by atomic mass is 16.2. The number of hydrogen-bond acceptors (Lipinski definition) is 3. The summed E-state index contributed by atoms with van der Waals surface area (Å²) >= 11 is 0. The van der Waals surface area contributed by atoms with Gasteiger partial charge in [0.15, 0.2) is 0 Å². The van der Waals surface area contributed by atoms with E-state index in [4.69, 9.17) is 5.84 Å². The highest BCUT2D eigenvalue weighted by Crippen LogP contribution is 2.38. The van der Waals surface area contributed by atoms with Crippen molar-refractivity contribution >= 4 is 5.91 Å². The van der Waals surface area contributed by atoms with Crippen LogP contribution in [0.5, 0.6) is 0 Å². The maximum absolute atomic E-state index is 11.8. The summed E-state index contributed by atoms with van der Waals surface area (Å²) < 4.78 is 0. The maximum Gasteiger partial charge on any atom is 0.265 e. The Balaban J connectivity index is 2.03. The molecule has 21 heavy (non-hydrogen) atoms. The van der Waals surface area contributed by atoms with Gasteiger partial charge in [-0.2, -0.15) is 0 Å². The number of carbonyl (C=O) groups excluding carboxylic acids is 1. The van der Waals surface area contributed by atoms with Gasteiger partial charge in [0.2, 0.25) is 0 Å². The number of amides is 1. The molecule has 0 aromatic heterocycles. The molecule has 2 rings (SSSR count). The molecule has 0 bridgehead atoms. The number of nitrogens with one attached hydrogen (secondary N) is 1. The van der Waals surface area contributed by atoms with Gasteiger partial charge in [0.05, 0.1) is 0 Å². The van der Waals surface area contributed by atoms with Crippen LogP contribution in [-0.4, -0.2) is 23.9 Å². The Bertz CT molecular complexity index is 473. The molecule has 1 aliphatic rings. The first-order chi connectivity index (χ1) is 10.1. The first-order valence-electron chi connectivity index (χ1n) is 7.95. The lowest BCUT2D eigenvalue weighted by molar-refractivity contribution is 0.0889. The number of nitrogens with two attached hydrogens (primary N) is 1. The number of likely N-dealkylation sites (tertiary alicyclic amines) is 1. The molecule has 1 aromatic rings. The first-order valence-corrected chi connectivity index (χ1v) is 7.95. The molecule has 0 aliphatic carbocycles. The molecule has 0 atom stereocenters. The molecule has 1 aromatic carbocycles. The normalized spacial score (nSPS) is 18.4. The molecule has 3 N–H and O–H groups in total. The first kappa shape index (κ1) is 16.0. The van der Waals surface area contributed by atoms with Gasteiger partial charge in [-0.25, -0.2) is 5.84 Å². The SMILES string of the molecule is CCC1(CC)CCN(Cc2ccccc2C(=O)NN)CC1. The van der Waals surface area contributed by atoms with E-state index < -0.39 is 0 Å². The van der Waals surface area contributed by atoms with E-state index in [0.29, 0.717) is 11.0 Å². The molecule has 4 heteroatoms. The molecule has 0 saturated carbocycles. The van der Waals surface area contributed by atoms with Crippen LogP contribution in [0.15, 0.2) is 24.3 Å². The number of piperidine rings is 1. The lowest BCUT2D eigenvalue weighted by Gasteiger charge is -2.41. The minimum Gasteiger partial charge on any atom is -0.299 e. The Hall–Kier alpha value is -1.39. The quantitative estimate of drug-likeness (QED) is 0.498. The van der Waals surface area contributed by atoms with Crippen LogP contribution >= 0.6 is 0 Å². The standard InChI is InChI=1S/C17H27N3O/c1-3-17(4-2)9-11-20(12-10-17)13-14-7-5-6-8-15(14)16(21)19-18/h5-8H,3-4,9-13,18H2,1-2H3,(H,19,21). The van der Waals surface area contributed by atoms with Crippen molar-refractivity contribution in [2.75, 3.05) is 13.1 Å². The second kappa shape index (κ2) is 7.05. The Morgan fingerprint density at radius 1 is 1.24 bits per heavy atom. The van der Waals surface area contributed by atoms with Crippen molar-refractivity contribution in [2.45, 2.75) is 46.1 Å².